The fourth-order valence-corrected chi connectivity index (χ4v) is 4.26. The number of hydrogen-bond acceptors (Lipinski definition) is 4. The zero-order chi connectivity index (χ0) is 21.8. The van der Waals surface area contributed by atoms with Crippen LogP contribution in [0, 0.1) is 20.8 Å². The second-order valence-electron chi connectivity index (χ2n) is 8.34. The number of carbonyl (C=O) groups is 1. The van der Waals surface area contributed by atoms with Crippen molar-refractivity contribution in [3.63, 3.8) is 0 Å². The number of aromatic nitrogens is 2. The fourth-order valence-electron chi connectivity index (χ4n) is 4.26. The lowest BCUT2D eigenvalue weighted by Crippen LogP contribution is -2.43. The van der Waals surface area contributed by atoms with Crippen LogP contribution in [0.5, 0.6) is 0 Å². The van der Waals surface area contributed by atoms with Crippen LogP contribution in [0.2, 0.25) is 0 Å². The number of benzene rings is 1. The van der Waals surface area contributed by atoms with Crippen LogP contribution in [-0.4, -0.2) is 39.7 Å². The molecule has 1 aromatic carbocycles. The maximum atomic E-state index is 12.5. The van der Waals surface area contributed by atoms with Crippen LogP contribution in [0.25, 0.3) is 11.9 Å². The maximum Gasteiger partial charge on any atom is 0.244 e. The van der Waals surface area contributed by atoms with Gasteiger partial charge >= 0.3 is 0 Å². The van der Waals surface area contributed by atoms with Crippen molar-refractivity contribution in [1.82, 2.24) is 19.9 Å². The third-order valence-corrected chi connectivity index (χ3v) is 5.91. The Labute approximate surface area is 183 Å². The average Bonchev–Trinajstić information content (AvgIpc) is 3.30. The minimum atomic E-state index is -0.0383. The van der Waals surface area contributed by atoms with Crippen molar-refractivity contribution >= 4 is 12.0 Å². The van der Waals surface area contributed by atoms with Crippen molar-refractivity contribution in [3.05, 3.63) is 76.8 Å². The first kappa shape index (κ1) is 21.1. The largest absolute Gasteiger partial charge is 0.360 e. The van der Waals surface area contributed by atoms with Crippen molar-refractivity contribution in [3.8, 4) is 5.82 Å². The molecule has 0 radical (unpaired) electrons. The van der Waals surface area contributed by atoms with Gasteiger partial charge in [0, 0.05) is 49.2 Å². The van der Waals surface area contributed by atoms with E-state index in [0.29, 0.717) is 0 Å². The van der Waals surface area contributed by atoms with Crippen molar-refractivity contribution in [2.24, 2.45) is 0 Å². The van der Waals surface area contributed by atoms with E-state index in [1.54, 1.807) is 6.08 Å². The molecule has 1 amide bonds. The van der Waals surface area contributed by atoms with Gasteiger partial charge in [-0.05, 0) is 56.9 Å². The summed E-state index contributed by atoms with van der Waals surface area (Å²) in [5, 5.41) is 7.27. The molecule has 4 rings (SSSR count). The Balaban J connectivity index is 1.30. The van der Waals surface area contributed by atoms with Crippen LogP contribution in [0.1, 0.15) is 41.1 Å². The smallest absolute Gasteiger partial charge is 0.244 e. The van der Waals surface area contributed by atoms with E-state index in [4.69, 9.17) is 4.52 Å². The highest BCUT2D eigenvalue weighted by Gasteiger charge is 2.20. The number of aryl methyl sites for hydroxylation is 2. The van der Waals surface area contributed by atoms with Gasteiger partial charge in [0.25, 0.3) is 0 Å². The van der Waals surface area contributed by atoms with E-state index in [-0.39, 0.29) is 11.9 Å². The summed E-state index contributed by atoms with van der Waals surface area (Å²) < 4.78 is 7.24. The molecule has 2 aromatic heterocycles. The van der Waals surface area contributed by atoms with Crippen LogP contribution < -0.4 is 5.32 Å². The number of carbonyl (C=O) groups excluding carboxylic acids is 1. The van der Waals surface area contributed by atoms with E-state index in [1.165, 1.54) is 5.56 Å². The van der Waals surface area contributed by atoms with E-state index in [0.717, 1.165) is 61.0 Å². The molecule has 1 aliphatic rings. The number of nitrogens with one attached hydrogen (secondary N) is 1. The Morgan fingerprint density at radius 2 is 1.90 bits per heavy atom. The number of piperidine rings is 1. The molecule has 0 unspecified atom stereocenters. The predicted molar refractivity (Wildman–Crippen MR) is 122 cm³/mol. The Hall–Kier alpha value is -3.12. The molecule has 6 nitrogen and oxygen atoms in total. The normalized spacial score (nSPS) is 15.6. The molecule has 1 fully saturated rings. The third-order valence-electron chi connectivity index (χ3n) is 5.91. The summed E-state index contributed by atoms with van der Waals surface area (Å²) in [7, 11) is 0. The zero-order valence-electron chi connectivity index (χ0n) is 18.5. The molecule has 3 heterocycles. The van der Waals surface area contributed by atoms with Gasteiger partial charge in [-0.25, -0.2) is 0 Å². The minimum Gasteiger partial charge on any atom is -0.360 e. The van der Waals surface area contributed by atoms with E-state index in [2.05, 4.69) is 45.7 Å². The van der Waals surface area contributed by atoms with Crippen LogP contribution in [0.3, 0.4) is 0 Å². The molecule has 0 aliphatic carbocycles. The van der Waals surface area contributed by atoms with E-state index in [1.807, 2.05) is 43.5 Å². The highest BCUT2D eigenvalue weighted by atomic mass is 16.5. The van der Waals surface area contributed by atoms with E-state index in [9.17, 15) is 4.79 Å². The van der Waals surface area contributed by atoms with Crippen LogP contribution in [0.15, 0.2) is 53.1 Å². The maximum absolute atomic E-state index is 12.5. The SMILES string of the molecule is Cc1cc(-n2c(C)cc(C=CC(=O)NC3CCN(Cc4ccccc4)CC3)c2C)no1. The molecule has 0 bridgehead atoms. The summed E-state index contributed by atoms with van der Waals surface area (Å²) >= 11 is 0. The molecule has 0 spiro atoms. The van der Waals surface area contributed by atoms with Crippen LogP contribution in [-0.2, 0) is 11.3 Å². The van der Waals surface area contributed by atoms with Crippen molar-refractivity contribution < 1.29 is 9.32 Å². The summed E-state index contributed by atoms with van der Waals surface area (Å²) in [5.41, 5.74) is 4.43. The average molecular weight is 419 g/mol. The molecule has 31 heavy (non-hydrogen) atoms. The second-order valence-corrected chi connectivity index (χ2v) is 8.34. The Morgan fingerprint density at radius 3 is 2.58 bits per heavy atom. The standard InChI is InChI=1S/C25H30N4O2/c1-18-15-22(20(3)29(18)24-16-19(2)31-27-24)9-10-25(30)26-23-11-13-28(14-12-23)17-21-7-5-4-6-8-21/h4-10,15-16,23H,11-14,17H2,1-3H3,(H,26,30). The van der Waals surface area contributed by atoms with Gasteiger partial charge in [0.2, 0.25) is 5.91 Å². The molecule has 6 heteroatoms. The molecule has 3 aromatic rings. The molecular formula is C25H30N4O2. The minimum absolute atomic E-state index is 0.0383. The highest BCUT2D eigenvalue weighted by molar-refractivity contribution is 5.92. The van der Waals surface area contributed by atoms with Gasteiger partial charge in [-0.3, -0.25) is 14.3 Å². The van der Waals surface area contributed by atoms with Gasteiger partial charge < -0.3 is 9.84 Å². The van der Waals surface area contributed by atoms with Crippen molar-refractivity contribution in [2.45, 2.75) is 46.2 Å². The van der Waals surface area contributed by atoms with Crippen LogP contribution >= 0.6 is 0 Å². The van der Waals surface area contributed by atoms with Crippen molar-refractivity contribution in [1.29, 1.82) is 0 Å². The zero-order valence-corrected chi connectivity index (χ0v) is 18.5. The monoisotopic (exact) mass is 418 g/mol. The second kappa shape index (κ2) is 9.35. The lowest BCUT2D eigenvalue weighted by molar-refractivity contribution is -0.117. The first-order valence-corrected chi connectivity index (χ1v) is 10.9. The van der Waals surface area contributed by atoms with E-state index < -0.39 is 0 Å². The molecule has 0 saturated carbocycles. The number of nitrogens with zero attached hydrogens (tertiary/aromatic N) is 3. The molecule has 0 atom stereocenters. The molecular weight excluding hydrogens is 388 g/mol. The van der Waals surface area contributed by atoms with Gasteiger partial charge in [-0.2, -0.15) is 0 Å². The van der Waals surface area contributed by atoms with Gasteiger partial charge in [-0.15, -0.1) is 0 Å². The predicted octanol–water partition coefficient (Wildman–Crippen LogP) is 4.18. The van der Waals surface area contributed by atoms with Gasteiger partial charge in [0.05, 0.1) is 0 Å². The first-order chi connectivity index (χ1) is 15.0. The Morgan fingerprint density at radius 1 is 1.16 bits per heavy atom. The summed E-state index contributed by atoms with van der Waals surface area (Å²) in [6.45, 7) is 8.91. The van der Waals surface area contributed by atoms with Gasteiger partial charge in [0.1, 0.15) is 5.76 Å². The number of rotatable bonds is 6. The topological polar surface area (TPSA) is 63.3 Å². The summed E-state index contributed by atoms with van der Waals surface area (Å²) in [6.07, 6.45) is 5.47. The Kier molecular flexibility index (Phi) is 6.37. The molecule has 1 saturated heterocycles. The summed E-state index contributed by atoms with van der Waals surface area (Å²) in [6, 6.07) is 14.7. The van der Waals surface area contributed by atoms with E-state index >= 15 is 0 Å². The fraction of sp³-hybridized carbons (Fsp3) is 0.360. The molecule has 1 N–H and O–H groups in total. The quantitative estimate of drug-likeness (QED) is 0.610. The number of amides is 1. The van der Waals surface area contributed by atoms with Crippen molar-refractivity contribution in [2.75, 3.05) is 13.1 Å². The van der Waals surface area contributed by atoms with Gasteiger partial charge in [-0.1, -0.05) is 35.5 Å². The summed E-state index contributed by atoms with van der Waals surface area (Å²) in [4.78, 5) is 14.9. The molecule has 162 valence electrons. The number of hydrogen-bond donors (Lipinski definition) is 1. The Bertz CT molecular complexity index is 1060. The van der Waals surface area contributed by atoms with Crippen LogP contribution in [0.4, 0.5) is 0 Å². The molecule has 1 aliphatic heterocycles. The highest BCUT2D eigenvalue weighted by Crippen LogP contribution is 2.22. The number of likely N-dealkylation sites (tertiary alicyclic amines) is 1. The van der Waals surface area contributed by atoms with Gasteiger partial charge in [0.15, 0.2) is 5.82 Å². The summed E-state index contributed by atoms with van der Waals surface area (Å²) in [5.74, 6) is 1.50. The first-order valence-electron chi connectivity index (χ1n) is 10.9. The lowest BCUT2D eigenvalue weighted by Gasteiger charge is -2.32. The lowest BCUT2D eigenvalue weighted by atomic mass is 10.0. The third kappa shape index (κ3) is 5.14.